The van der Waals surface area contributed by atoms with Gasteiger partial charge in [0, 0.05) is 5.56 Å². The fraction of sp³-hybridized carbons (Fsp3) is 0.364. The number of alkyl halides is 3. The summed E-state index contributed by atoms with van der Waals surface area (Å²) < 4.78 is 36.1. The van der Waals surface area contributed by atoms with Crippen molar-refractivity contribution in [2.45, 2.75) is 25.9 Å². The van der Waals surface area contributed by atoms with E-state index in [0.29, 0.717) is 0 Å². The molecule has 1 aromatic carbocycles. The highest BCUT2D eigenvalue weighted by Gasteiger charge is 2.39. The fourth-order valence-electron chi connectivity index (χ4n) is 1.18. The summed E-state index contributed by atoms with van der Waals surface area (Å²) >= 11 is 0. The summed E-state index contributed by atoms with van der Waals surface area (Å²) in [4.78, 5) is 10.8. The van der Waals surface area contributed by atoms with Crippen molar-refractivity contribution >= 4 is 5.78 Å². The van der Waals surface area contributed by atoms with Gasteiger partial charge in [-0.25, -0.2) is 0 Å². The molecule has 0 atom stereocenters. The summed E-state index contributed by atoms with van der Waals surface area (Å²) in [6.45, 7) is 3.86. The van der Waals surface area contributed by atoms with Crippen molar-refractivity contribution < 1.29 is 18.0 Å². The normalized spacial score (nSPS) is 11.9. The second-order valence-corrected chi connectivity index (χ2v) is 3.60. The van der Waals surface area contributed by atoms with Gasteiger partial charge in [0.25, 0.3) is 5.78 Å². The molecule has 0 saturated carbocycles. The Morgan fingerprint density at radius 3 is 1.93 bits per heavy atom. The lowest BCUT2D eigenvalue weighted by Gasteiger charge is -2.07. The molecular formula is C11H11F3O. The maximum atomic E-state index is 12.0. The van der Waals surface area contributed by atoms with Crippen LogP contribution in [0.15, 0.2) is 24.3 Å². The molecule has 0 aromatic heterocycles. The van der Waals surface area contributed by atoms with Crippen LogP contribution < -0.4 is 0 Å². The Hall–Kier alpha value is -1.32. The first-order valence-corrected chi connectivity index (χ1v) is 4.54. The van der Waals surface area contributed by atoms with Gasteiger partial charge in [0.1, 0.15) is 0 Å². The van der Waals surface area contributed by atoms with E-state index in [1.807, 2.05) is 13.8 Å². The molecule has 0 aliphatic carbocycles. The van der Waals surface area contributed by atoms with Gasteiger partial charge in [0.2, 0.25) is 0 Å². The van der Waals surface area contributed by atoms with E-state index >= 15 is 0 Å². The van der Waals surface area contributed by atoms with E-state index in [1.165, 1.54) is 12.1 Å². The van der Waals surface area contributed by atoms with Crippen LogP contribution in [0.25, 0.3) is 0 Å². The smallest absolute Gasteiger partial charge is 0.284 e. The van der Waals surface area contributed by atoms with Gasteiger partial charge in [-0.15, -0.1) is 0 Å². The van der Waals surface area contributed by atoms with Gasteiger partial charge in [0.15, 0.2) is 0 Å². The van der Waals surface area contributed by atoms with Crippen LogP contribution in [0.5, 0.6) is 0 Å². The number of hydrogen-bond acceptors (Lipinski definition) is 1. The van der Waals surface area contributed by atoms with E-state index in [2.05, 4.69) is 0 Å². The van der Waals surface area contributed by atoms with Crippen molar-refractivity contribution in [3.63, 3.8) is 0 Å². The van der Waals surface area contributed by atoms with Crippen molar-refractivity contribution in [2.75, 3.05) is 0 Å². The Morgan fingerprint density at radius 2 is 1.60 bits per heavy atom. The zero-order valence-corrected chi connectivity index (χ0v) is 8.43. The van der Waals surface area contributed by atoms with Crippen molar-refractivity contribution in [2.24, 2.45) is 0 Å². The molecule has 0 amide bonds. The van der Waals surface area contributed by atoms with Gasteiger partial charge in [0.05, 0.1) is 0 Å². The van der Waals surface area contributed by atoms with Crippen LogP contribution >= 0.6 is 0 Å². The molecule has 0 heterocycles. The quantitative estimate of drug-likeness (QED) is 0.691. The van der Waals surface area contributed by atoms with E-state index in [1.54, 1.807) is 12.1 Å². The first-order valence-electron chi connectivity index (χ1n) is 4.54. The lowest BCUT2D eigenvalue weighted by atomic mass is 10.0. The van der Waals surface area contributed by atoms with Crippen molar-refractivity contribution in [3.8, 4) is 0 Å². The van der Waals surface area contributed by atoms with Crippen LogP contribution in [0.4, 0.5) is 13.2 Å². The molecule has 0 saturated heterocycles. The van der Waals surface area contributed by atoms with Crippen molar-refractivity contribution in [1.29, 1.82) is 0 Å². The summed E-state index contributed by atoms with van der Waals surface area (Å²) in [6, 6.07) is 5.52. The minimum Gasteiger partial charge on any atom is -0.284 e. The molecule has 0 N–H and O–H groups in total. The Kier molecular flexibility index (Phi) is 3.17. The summed E-state index contributed by atoms with van der Waals surface area (Å²) in [5.41, 5.74) is 0.598. The number of hydrogen-bond donors (Lipinski definition) is 0. The third-order valence-corrected chi connectivity index (χ3v) is 2.10. The number of carbonyl (C=O) groups is 1. The largest absolute Gasteiger partial charge is 0.454 e. The van der Waals surface area contributed by atoms with Crippen LogP contribution in [-0.2, 0) is 0 Å². The van der Waals surface area contributed by atoms with Crippen LogP contribution in [0.3, 0.4) is 0 Å². The molecule has 0 radical (unpaired) electrons. The molecule has 0 fully saturated rings. The third kappa shape index (κ3) is 2.81. The molecule has 0 bridgehead atoms. The van der Waals surface area contributed by atoms with E-state index in [-0.39, 0.29) is 11.5 Å². The zero-order valence-electron chi connectivity index (χ0n) is 8.43. The van der Waals surface area contributed by atoms with Crippen LogP contribution in [0.1, 0.15) is 35.7 Å². The first kappa shape index (κ1) is 11.8. The lowest BCUT2D eigenvalue weighted by molar-refractivity contribution is -0.0885. The number of rotatable bonds is 2. The monoisotopic (exact) mass is 216 g/mol. The summed E-state index contributed by atoms with van der Waals surface area (Å²) in [5, 5.41) is 0. The van der Waals surface area contributed by atoms with Gasteiger partial charge < -0.3 is 0 Å². The fourth-order valence-corrected chi connectivity index (χ4v) is 1.18. The van der Waals surface area contributed by atoms with Crippen LogP contribution in [-0.4, -0.2) is 12.0 Å². The molecule has 0 unspecified atom stereocenters. The summed E-state index contributed by atoms with van der Waals surface area (Å²) in [5.74, 6) is -1.56. The highest BCUT2D eigenvalue weighted by molar-refractivity contribution is 6.00. The summed E-state index contributed by atoms with van der Waals surface area (Å²) in [7, 11) is 0. The average Bonchev–Trinajstić information content (AvgIpc) is 2.15. The second kappa shape index (κ2) is 4.04. The zero-order chi connectivity index (χ0) is 11.6. The number of Topliss-reactive ketones (excluding diaryl/α,β-unsaturated/α-hetero) is 1. The van der Waals surface area contributed by atoms with Gasteiger partial charge in [-0.2, -0.15) is 13.2 Å². The minimum absolute atomic E-state index is 0.236. The molecule has 15 heavy (non-hydrogen) atoms. The van der Waals surface area contributed by atoms with E-state index < -0.39 is 12.0 Å². The molecule has 4 heteroatoms. The first-order chi connectivity index (χ1) is 6.82. The number of benzene rings is 1. The highest BCUT2D eigenvalue weighted by atomic mass is 19.4. The predicted molar refractivity (Wildman–Crippen MR) is 50.9 cm³/mol. The topological polar surface area (TPSA) is 17.1 Å². The molecule has 0 aliphatic rings. The van der Waals surface area contributed by atoms with Crippen LogP contribution in [0.2, 0.25) is 0 Å². The van der Waals surface area contributed by atoms with Gasteiger partial charge in [-0.1, -0.05) is 38.1 Å². The van der Waals surface area contributed by atoms with Crippen LogP contribution in [0, 0.1) is 0 Å². The molecule has 82 valence electrons. The maximum absolute atomic E-state index is 12.0. The van der Waals surface area contributed by atoms with E-state index in [0.717, 1.165) is 5.56 Å². The Balaban J connectivity index is 2.95. The molecule has 1 nitrogen and oxygen atoms in total. The minimum atomic E-state index is -4.79. The third-order valence-electron chi connectivity index (χ3n) is 2.10. The number of ketones is 1. The van der Waals surface area contributed by atoms with Gasteiger partial charge in [-0.05, 0) is 11.5 Å². The standard InChI is InChI=1S/C11H11F3O/c1-7(2)8-3-5-9(6-4-8)10(15)11(12,13)14/h3-7H,1-2H3. The SMILES string of the molecule is CC(C)c1ccc(C(=O)C(F)(F)F)cc1. The van der Waals surface area contributed by atoms with E-state index in [9.17, 15) is 18.0 Å². The second-order valence-electron chi connectivity index (χ2n) is 3.60. The molecule has 0 aliphatic heterocycles. The number of halogens is 3. The summed E-state index contributed by atoms with van der Waals surface area (Å²) in [6.07, 6.45) is -4.79. The highest BCUT2D eigenvalue weighted by Crippen LogP contribution is 2.22. The average molecular weight is 216 g/mol. The van der Waals surface area contributed by atoms with Gasteiger partial charge in [-0.3, -0.25) is 4.79 Å². The molecule has 1 aromatic rings. The molecule has 1 rings (SSSR count). The van der Waals surface area contributed by atoms with Crippen molar-refractivity contribution in [3.05, 3.63) is 35.4 Å². The van der Waals surface area contributed by atoms with E-state index in [4.69, 9.17) is 0 Å². The predicted octanol–water partition coefficient (Wildman–Crippen LogP) is 3.56. The van der Waals surface area contributed by atoms with Gasteiger partial charge >= 0.3 is 6.18 Å². The molecule has 0 spiro atoms. The van der Waals surface area contributed by atoms with Crippen molar-refractivity contribution in [1.82, 2.24) is 0 Å². The Labute approximate surface area is 85.9 Å². The number of carbonyl (C=O) groups excluding carboxylic acids is 1. The Morgan fingerprint density at radius 1 is 1.13 bits per heavy atom. The molecular weight excluding hydrogens is 205 g/mol. The lowest BCUT2D eigenvalue weighted by Crippen LogP contribution is -2.22. The Bertz CT molecular complexity index is 349. The maximum Gasteiger partial charge on any atom is 0.454 e.